The quantitative estimate of drug-likeness (QED) is 0.147. The van der Waals surface area contributed by atoms with E-state index in [1.165, 1.54) is 25.7 Å². The number of piperidine rings is 3. The van der Waals surface area contributed by atoms with Gasteiger partial charge < -0.3 is 25.0 Å². The minimum Gasteiger partial charge on any atom is -0.368 e. The molecule has 1 atom stereocenters. The zero-order valence-electron chi connectivity index (χ0n) is 34.8. The molecule has 0 radical (unpaired) electrons. The average Bonchev–Trinajstić information content (AvgIpc) is 3.79. The van der Waals surface area contributed by atoms with E-state index >= 15 is 0 Å². The van der Waals surface area contributed by atoms with Crippen molar-refractivity contribution in [1.29, 1.82) is 0 Å². The first-order valence-electron chi connectivity index (χ1n) is 22.3. The van der Waals surface area contributed by atoms with Crippen molar-refractivity contribution in [2.75, 3.05) is 51.1 Å². The number of carbonyl (C=O) groups is 5. The molecule has 0 bridgehead atoms. The number of imide groups is 2. The van der Waals surface area contributed by atoms with E-state index in [1.54, 1.807) is 12.4 Å². The Kier molecular flexibility index (Phi) is 12.2. The summed E-state index contributed by atoms with van der Waals surface area (Å²) in [4.78, 5) is 83.4. The summed E-state index contributed by atoms with van der Waals surface area (Å²) in [5.41, 5.74) is 4.27. The molecular weight excluding hydrogens is 773 g/mol. The van der Waals surface area contributed by atoms with E-state index in [0.717, 1.165) is 105 Å². The number of benzene rings is 2. The number of aryl methyl sites for hydroxylation is 1. The molecule has 9 rings (SSSR count). The van der Waals surface area contributed by atoms with Crippen LogP contribution in [0.2, 0.25) is 0 Å². The van der Waals surface area contributed by atoms with Crippen molar-refractivity contribution >= 4 is 46.5 Å². The summed E-state index contributed by atoms with van der Waals surface area (Å²) in [6.45, 7) is 7.39. The van der Waals surface area contributed by atoms with E-state index in [4.69, 9.17) is 4.98 Å². The van der Waals surface area contributed by atoms with Gasteiger partial charge in [-0.2, -0.15) is 0 Å². The van der Waals surface area contributed by atoms with Crippen LogP contribution in [0.3, 0.4) is 0 Å². The average molecular weight is 829 g/mol. The zero-order valence-corrected chi connectivity index (χ0v) is 34.8. The van der Waals surface area contributed by atoms with Crippen LogP contribution in [0.15, 0.2) is 61.2 Å². The minimum atomic E-state index is -0.948. The van der Waals surface area contributed by atoms with Crippen LogP contribution in [-0.2, 0) is 27.2 Å². The molecule has 4 fully saturated rings. The molecule has 6 heterocycles. The van der Waals surface area contributed by atoms with Gasteiger partial charge in [0.15, 0.2) is 11.5 Å². The van der Waals surface area contributed by atoms with Gasteiger partial charge in [-0.3, -0.25) is 34.2 Å². The fraction of sp³-hybridized carbons (Fsp3) is 0.522. The Labute approximate surface area is 356 Å². The lowest BCUT2D eigenvalue weighted by Crippen LogP contribution is -2.54. The SMILES string of the molecule is O=C1CC[C@H](N2C(=O)c3cccc(CCCN4CCC(CN5CCC(CCNc6ncnc7c6ncn7C6CC(NC(=O)Cc7ccccc7)C6)CC5)CC4)c3C2=O)C(=O)N1. The van der Waals surface area contributed by atoms with E-state index in [-0.39, 0.29) is 36.7 Å². The predicted octanol–water partition coefficient (Wildman–Crippen LogP) is 4.15. The molecule has 4 aromatic rings. The maximum Gasteiger partial charge on any atom is 0.262 e. The lowest BCUT2D eigenvalue weighted by molar-refractivity contribution is -0.136. The summed E-state index contributed by atoms with van der Waals surface area (Å²) in [6.07, 6.45) is 13.3. The molecule has 3 saturated heterocycles. The highest BCUT2D eigenvalue weighted by Gasteiger charge is 2.45. The van der Waals surface area contributed by atoms with E-state index in [9.17, 15) is 24.0 Å². The number of hydrogen-bond donors (Lipinski definition) is 3. The van der Waals surface area contributed by atoms with Gasteiger partial charge in [-0.25, -0.2) is 15.0 Å². The van der Waals surface area contributed by atoms with Gasteiger partial charge in [0.1, 0.15) is 17.9 Å². The maximum absolute atomic E-state index is 13.5. The number of likely N-dealkylation sites (tertiary alicyclic amines) is 2. The number of nitrogens with one attached hydrogen (secondary N) is 3. The standard InChI is InChI=1S/C46H56N10O5/c57-38-12-11-37(44(59)52-38)56-45(60)36-10-4-8-33(40(36)46(56)61)9-5-19-53-20-16-32(17-21-53)27-54-22-14-30(15-23-54)13-18-47-42-41-43(49-28-48-42)55(29-50-41)35-25-34(26-35)51-39(58)24-31-6-2-1-3-7-31/h1-4,6-8,10,28-30,32,34-35,37H,5,9,11-27H2,(H,51,58)(H,47,48,49)(H,52,57,59)/t34?,35?,37-/m0/s1. The first-order chi connectivity index (χ1) is 29.8. The van der Waals surface area contributed by atoms with Gasteiger partial charge >= 0.3 is 0 Å². The summed E-state index contributed by atoms with van der Waals surface area (Å²) in [5.74, 6) is 0.398. The molecule has 0 unspecified atom stereocenters. The summed E-state index contributed by atoms with van der Waals surface area (Å²) in [6, 6.07) is 14.7. The van der Waals surface area contributed by atoms with Crippen molar-refractivity contribution in [3.63, 3.8) is 0 Å². The maximum atomic E-state index is 13.5. The summed E-state index contributed by atoms with van der Waals surface area (Å²) >= 11 is 0. The molecule has 2 aromatic heterocycles. The highest BCUT2D eigenvalue weighted by molar-refractivity contribution is 6.24. The Balaban J connectivity index is 0.660. The zero-order chi connectivity index (χ0) is 41.9. The van der Waals surface area contributed by atoms with E-state index in [2.05, 4.69) is 40.3 Å². The van der Waals surface area contributed by atoms with Crippen molar-refractivity contribution in [2.45, 2.75) is 95.2 Å². The molecule has 15 nitrogen and oxygen atoms in total. The van der Waals surface area contributed by atoms with Gasteiger partial charge in [0, 0.05) is 31.6 Å². The Morgan fingerprint density at radius 3 is 2.38 bits per heavy atom. The van der Waals surface area contributed by atoms with E-state index < -0.39 is 23.8 Å². The molecule has 3 N–H and O–H groups in total. The van der Waals surface area contributed by atoms with E-state index in [1.807, 2.05) is 48.8 Å². The van der Waals surface area contributed by atoms with Crippen LogP contribution in [0.1, 0.15) is 102 Å². The number of amides is 5. The van der Waals surface area contributed by atoms with Gasteiger partial charge in [0.25, 0.3) is 11.8 Å². The molecule has 5 amide bonds. The van der Waals surface area contributed by atoms with Gasteiger partial charge in [-0.05, 0) is 126 Å². The number of nitrogens with zero attached hydrogens (tertiary/aromatic N) is 7. The lowest BCUT2D eigenvalue weighted by Gasteiger charge is -2.37. The Hall–Kier alpha value is -5.54. The molecule has 61 heavy (non-hydrogen) atoms. The van der Waals surface area contributed by atoms with Crippen LogP contribution in [0, 0.1) is 11.8 Å². The molecular formula is C46H56N10O5. The van der Waals surface area contributed by atoms with E-state index in [0.29, 0.717) is 35.8 Å². The predicted molar refractivity (Wildman–Crippen MR) is 229 cm³/mol. The van der Waals surface area contributed by atoms with Crippen molar-refractivity contribution in [3.8, 4) is 0 Å². The van der Waals surface area contributed by atoms with Crippen LogP contribution in [-0.4, -0.2) is 122 Å². The summed E-state index contributed by atoms with van der Waals surface area (Å²) in [7, 11) is 0. The Morgan fingerprint density at radius 2 is 1.59 bits per heavy atom. The number of fused-ring (bicyclic) bond motifs is 2. The van der Waals surface area contributed by atoms with Crippen LogP contribution in [0.4, 0.5) is 5.82 Å². The second-order valence-corrected chi connectivity index (χ2v) is 17.7. The van der Waals surface area contributed by atoms with Gasteiger partial charge in [0.05, 0.1) is 23.9 Å². The van der Waals surface area contributed by atoms with Gasteiger partial charge in [0.2, 0.25) is 17.7 Å². The van der Waals surface area contributed by atoms with Crippen molar-refractivity contribution in [2.24, 2.45) is 11.8 Å². The normalized spacial score (nSPS) is 23.0. The summed E-state index contributed by atoms with van der Waals surface area (Å²) in [5, 5.41) is 9.01. The Morgan fingerprint density at radius 1 is 0.820 bits per heavy atom. The highest BCUT2D eigenvalue weighted by atomic mass is 16.2. The van der Waals surface area contributed by atoms with Crippen molar-refractivity contribution < 1.29 is 24.0 Å². The summed E-state index contributed by atoms with van der Waals surface area (Å²) < 4.78 is 2.13. The van der Waals surface area contributed by atoms with Crippen molar-refractivity contribution in [1.82, 2.24) is 44.9 Å². The monoisotopic (exact) mass is 828 g/mol. The Bertz CT molecular complexity index is 2260. The molecule has 320 valence electrons. The third kappa shape index (κ3) is 9.08. The number of aromatic nitrogens is 4. The minimum absolute atomic E-state index is 0.0612. The topological polar surface area (TPSA) is 175 Å². The number of carbonyl (C=O) groups excluding carboxylic acids is 5. The molecule has 15 heteroatoms. The molecule has 4 aliphatic heterocycles. The highest BCUT2D eigenvalue weighted by Crippen LogP contribution is 2.35. The van der Waals surface area contributed by atoms with Crippen molar-refractivity contribution in [3.05, 3.63) is 83.4 Å². The number of anilines is 1. The van der Waals surface area contributed by atoms with Crippen LogP contribution >= 0.6 is 0 Å². The smallest absolute Gasteiger partial charge is 0.262 e. The number of hydrogen-bond acceptors (Lipinski definition) is 11. The largest absolute Gasteiger partial charge is 0.368 e. The van der Waals surface area contributed by atoms with Crippen LogP contribution in [0.25, 0.3) is 11.2 Å². The van der Waals surface area contributed by atoms with Gasteiger partial charge in [-0.1, -0.05) is 42.5 Å². The number of rotatable bonds is 15. The van der Waals surface area contributed by atoms with Crippen LogP contribution in [0.5, 0.6) is 0 Å². The van der Waals surface area contributed by atoms with Crippen LogP contribution < -0.4 is 16.0 Å². The fourth-order valence-electron chi connectivity index (χ4n) is 10.1. The third-order valence-corrected chi connectivity index (χ3v) is 13.7. The lowest BCUT2D eigenvalue weighted by atomic mass is 9.86. The third-order valence-electron chi connectivity index (χ3n) is 13.7. The first kappa shape index (κ1) is 40.8. The molecule has 1 saturated carbocycles. The second-order valence-electron chi connectivity index (χ2n) is 17.7. The molecule has 2 aromatic carbocycles. The fourth-order valence-corrected chi connectivity index (χ4v) is 10.1. The first-order valence-corrected chi connectivity index (χ1v) is 22.3. The van der Waals surface area contributed by atoms with Gasteiger partial charge in [-0.15, -0.1) is 0 Å². The second kappa shape index (κ2) is 18.2. The number of imidazole rings is 1. The molecule has 0 spiro atoms. The molecule has 5 aliphatic rings. The molecule has 1 aliphatic carbocycles.